The standard InChI is InChI=1S/C25H32N4O4/c1-15(2)10-21(30)23(32)28(3)20(11-16-8-9-16)22(31)29-14-25(12-17(29)13-26)18-6-4-5-7-19(18)27-24(25)33/h4-7,15-17,20-21,30H,8-12,14H2,1-3H3,(H,27,33)/t17-,20-,21+,25-/m0/s1. The van der Waals surface area contributed by atoms with E-state index in [1.165, 1.54) is 9.80 Å². The first-order valence-electron chi connectivity index (χ1n) is 11.7. The summed E-state index contributed by atoms with van der Waals surface area (Å²) in [4.78, 5) is 42.6. The number of hydrogen-bond donors (Lipinski definition) is 2. The number of fused-ring (bicyclic) bond motifs is 2. The number of aliphatic hydroxyl groups excluding tert-OH is 1. The molecule has 2 N–H and O–H groups in total. The van der Waals surface area contributed by atoms with Crippen molar-refractivity contribution in [1.82, 2.24) is 9.80 Å². The number of carbonyl (C=O) groups excluding carboxylic acids is 3. The molecule has 0 radical (unpaired) electrons. The van der Waals surface area contributed by atoms with E-state index in [0.29, 0.717) is 24.4 Å². The number of carbonyl (C=O) groups is 3. The highest BCUT2D eigenvalue weighted by Crippen LogP contribution is 2.46. The molecule has 1 aromatic rings. The average Bonchev–Trinajstić information content (AvgIpc) is 3.46. The van der Waals surface area contributed by atoms with Crippen LogP contribution in [-0.4, -0.2) is 64.4 Å². The maximum absolute atomic E-state index is 13.8. The summed E-state index contributed by atoms with van der Waals surface area (Å²) in [5.41, 5.74) is 0.560. The van der Waals surface area contributed by atoms with E-state index in [1.54, 1.807) is 7.05 Å². The van der Waals surface area contributed by atoms with E-state index >= 15 is 0 Å². The maximum Gasteiger partial charge on any atom is 0.251 e. The minimum atomic E-state index is -1.17. The van der Waals surface area contributed by atoms with Crippen molar-refractivity contribution in [2.45, 2.75) is 69.6 Å². The third-order valence-electron chi connectivity index (χ3n) is 7.25. The van der Waals surface area contributed by atoms with Gasteiger partial charge in [0.1, 0.15) is 18.2 Å². The van der Waals surface area contributed by atoms with Crippen molar-refractivity contribution < 1.29 is 19.5 Å². The van der Waals surface area contributed by atoms with E-state index in [-0.39, 0.29) is 30.7 Å². The van der Waals surface area contributed by atoms with Gasteiger partial charge in [0.15, 0.2) is 0 Å². The zero-order valence-electron chi connectivity index (χ0n) is 19.5. The molecule has 1 aromatic carbocycles. The molecule has 1 saturated carbocycles. The van der Waals surface area contributed by atoms with Crippen molar-refractivity contribution in [3.05, 3.63) is 29.8 Å². The molecule has 8 heteroatoms. The molecular weight excluding hydrogens is 420 g/mol. The van der Waals surface area contributed by atoms with Gasteiger partial charge in [-0.1, -0.05) is 44.9 Å². The molecule has 33 heavy (non-hydrogen) atoms. The van der Waals surface area contributed by atoms with Gasteiger partial charge in [0, 0.05) is 25.7 Å². The van der Waals surface area contributed by atoms with Gasteiger partial charge in [-0.05, 0) is 36.3 Å². The van der Waals surface area contributed by atoms with E-state index < -0.39 is 29.5 Å². The number of para-hydroxylation sites is 1. The van der Waals surface area contributed by atoms with Crippen molar-refractivity contribution in [3.8, 4) is 6.07 Å². The number of aliphatic hydroxyl groups is 1. The van der Waals surface area contributed by atoms with Gasteiger partial charge in [0.2, 0.25) is 11.8 Å². The Morgan fingerprint density at radius 2 is 2.03 bits per heavy atom. The van der Waals surface area contributed by atoms with E-state index in [2.05, 4.69) is 11.4 Å². The van der Waals surface area contributed by atoms with E-state index in [1.807, 2.05) is 38.1 Å². The number of likely N-dealkylation sites (tertiary alicyclic amines) is 1. The molecule has 4 atom stereocenters. The molecule has 1 spiro atoms. The Balaban J connectivity index is 1.60. The largest absolute Gasteiger partial charge is 0.383 e. The fourth-order valence-electron chi connectivity index (χ4n) is 5.21. The zero-order valence-corrected chi connectivity index (χ0v) is 19.5. The van der Waals surface area contributed by atoms with Crippen LogP contribution in [0, 0.1) is 23.2 Å². The van der Waals surface area contributed by atoms with Gasteiger partial charge in [-0.2, -0.15) is 5.26 Å². The monoisotopic (exact) mass is 452 g/mol. The smallest absolute Gasteiger partial charge is 0.251 e. The number of hydrogen-bond acceptors (Lipinski definition) is 5. The van der Waals surface area contributed by atoms with Gasteiger partial charge in [0.25, 0.3) is 5.91 Å². The summed E-state index contributed by atoms with van der Waals surface area (Å²) in [6, 6.07) is 8.07. The molecule has 0 bridgehead atoms. The van der Waals surface area contributed by atoms with Crippen molar-refractivity contribution in [2.75, 3.05) is 18.9 Å². The zero-order chi connectivity index (χ0) is 23.9. The fraction of sp³-hybridized carbons (Fsp3) is 0.600. The Labute approximate surface area is 194 Å². The van der Waals surface area contributed by atoms with Crippen LogP contribution in [0.15, 0.2) is 24.3 Å². The normalized spacial score (nSPS) is 25.5. The molecule has 3 amide bonds. The fourth-order valence-corrected chi connectivity index (χ4v) is 5.21. The highest BCUT2D eigenvalue weighted by molar-refractivity contribution is 6.07. The van der Waals surface area contributed by atoms with Gasteiger partial charge >= 0.3 is 0 Å². The Morgan fingerprint density at radius 1 is 1.33 bits per heavy atom. The lowest BCUT2D eigenvalue weighted by Crippen LogP contribution is -2.53. The van der Waals surface area contributed by atoms with Crippen molar-refractivity contribution >= 4 is 23.4 Å². The quantitative estimate of drug-likeness (QED) is 0.657. The summed E-state index contributed by atoms with van der Waals surface area (Å²) >= 11 is 0. The Morgan fingerprint density at radius 3 is 2.67 bits per heavy atom. The summed E-state index contributed by atoms with van der Waals surface area (Å²) in [6.45, 7) is 3.95. The molecule has 0 unspecified atom stereocenters. The molecular formula is C25H32N4O4. The molecule has 2 heterocycles. The predicted octanol–water partition coefficient (Wildman–Crippen LogP) is 2.04. The van der Waals surface area contributed by atoms with Crippen LogP contribution in [0.25, 0.3) is 0 Å². The number of benzene rings is 1. The lowest BCUT2D eigenvalue weighted by molar-refractivity contribution is -0.150. The third kappa shape index (κ3) is 4.22. The number of nitriles is 1. The lowest BCUT2D eigenvalue weighted by Gasteiger charge is -2.33. The first-order valence-corrected chi connectivity index (χ1v) is 11.7. The first kappa shape index (κ1) is 23.2. The van der Waals surface area contributed by atoms with Gasteiger partial charge in [-0.15, -0.1) is 0 Å². The van der Waals surface area contributed by atoms with Crippen molar-refractivity contribution in [2.24, 2.45) is 11.8 Å². The van der Waals surface area contributed by atoms with E-state index in [0.717, 1.165) is 18.4 Å². The SMILES string of the molecule is CC(C)C[C@@H](O)C(=O)N(C)[C@@H](CC1CC1)C(=O)N1C[C@]2(C[C@H]1C#N)C(=O)Nc1ccccc12. The molecule has 4 rings (SSSR count). The van der Waals surface area contributed by atoms with Crippen LogP contribution in [-0.2, 0) is 19.8 Å². The second-order valence-corrected chi connectivity index (χ2v) is 10.2. The highest BCUT2D eigenvalue weighted by atomic mass is 16.3. The maximum atomic E-state index is 13.8. The van der Waals surface area contributed by atoms with Crippen LogP contribution in [0.3, 0.4) is 0 Å². The predicted molar refractivity (Wildman–Crippen MR) is 122 cm³/mol. The first-order chi connectivity index (χ1) is 15.7. The van der Waals surface area contributed by atoms with E-state index in [4.69, 9.17) is 0 Å². The summed E-state index contributed by atoms with van der Waals surface area (Å²) in [6.07, 6.45) is 1.87. The Hall–Kier alpha value is -2.92. The van der Waals surface area contributed by atoms with Gasteiger partial charge in [0.05, 0.1) is 11.5 Å². The van der Waals surface area contributed by atoms with Crippen LogP contribution >= 0.6 is 0 Å². The third-order valence-corrected chi connectivity index (χ3v) is 7.25. The molecule has 1 aliphatic carbocycles. The van der Waals surface area contributed by atoms with Gasteiger partial charge in [-0.3, -0.25) is 14.4 Å². The molecule has 2 aliphatic heterocycles. The van der Waals surface area contributed by atoms with Gasteiger partial charge < -0.3 is 20.2 Å². The minimum absolute atomic E-state index is 0.102. The number of nitrogens with zero attached hydrogens (tertiary/aromatic N) is 3. The van der Waals surface area contributed by atoms with Crippen LogP contribution in [0.5, 0.6) is 0 Å². The minimum Gasteiger partial charge on any atom is -0.383 e. The molecule has 0 aromatic heterocycles. The van der Waals surface area contributed by atoms with Crippen LogP contribution < -0.4 is 5.32 Å². The molecule has 176 valence electrons. The summed E-state index contributed by atoms with van der Waals surface area (Å²) in [5, 5.41) is 23.2. The topological polar surface area (TPSA) is 114 Å². The average molecular weight is 453 g/mol. The van der Waals surface area contributed by atoms with Gasteiger partial charge in [-0.25, -0.2) is 0 Å². The number of rotatable bonds is 7. The number of amides is 3. The summed E-state index contributed by atoms with van der Waals surface area (Å²) in [5.74, 6) is -0.514. The lowest BCUT2D eigenvalue weighted by atomic mass is 9.80. The van der Waals surface area contributed by atoms with Crippen molar-refractivity contribution in [3.63, 3.8) is 0 Å². The second kappa shape index (κ2) is 8.79. The number of anilines is 1. The van der Waals surface area contributed by atoms with Crippen LogP contribution in [0.1, 0.15) is 51.5 Å². The number of likely N-dealkylation sites (N-methyl/N-ethyl adjacent to an activating group) is 1. The van der Waals surface area contributed by atoms with Crippen LogP contribution in [0.4, 0.5) is 5.69 Å². The Bertz CT molecular complexity index is 998. The summed E-state index contributed by atoms with van der Waals surface area (Å²) in [7, 11) is 1.56. The highest BCUT2D eigenvalue weighted by Gasteiger charge is 2.57. The molecule has 8 nitrogen and oxygen atoms in total. The van der Waals surface area contributed by atoms with Crippen LogP contribution in [0.2, 0.25) is 0 Å². The molecule has 2 fully saturated rings. The molecule has 1 saturated heterocycles. The van der Waals surface area contributed by atoms with Crippen molar-refractivity contribution in [1.29, 1.82) is 5.26 Å². The molecule has 3 aliphatic rings. The summed E-state index contributed by atoms with van der Waals surface area (Å²) < 4.78 is 0. The van der Waals surface area contributed by atoms with E-state index in [9.17, 15) is 24.8 Å². The Kier molecular flexibility index (Phi) is 6.19. The second-order valence-electron chi connectivity index (χ2n) is 10.2. The number of nitrogens with one attached hydrogen (secondary N) is 1.